The first-order valence-corrected chi connectivity index (χ1v) is 11.2. The summed E-state index contributed by atoms with van der Waals surface area (Å²) in [6.07, 6.45) is 6.53. The molecule has 1 saturated carbocycles. The molecule has 2 amide bonds. The van der Waals surface area contributed by atoms with Crippen molar-refractivity contribution in [3.8, 4) is 11.3 Å². The zero-order valence-corrected chi connectivity index (χ0v) is 18.2. The maximum atomic E-state index is 12.5. The normalized spacial score (nSPS) is 25.6. The molecule has 1 aromatic heterocycles. The fraction of sp³-hybridized carbons (Fsp3) is 0.542. The van der Waals surface area contributed by atoms with Crippen molar-refractivity contribution in [1.82, 2.24) is 19.4 Å². The van der Waals surface area contributed by atoms with Gasteiger partial charge in [0.05, 0.1) is 30.4 Å². The van der Waals surface area contributed by atoms with Crippen LogP contribution in [0.2, 0.25) is 0 Å². The summed E-state index contributed by atoms with van der Waals surface area (Å²) >= 11 is 0. The van der Waals surface area contributed by atoms with Crippen molar-refractivity contribution in [3.05, 3.63) is 42.4 Å². The highest BCUT2D eigenvalue weighted by Crippen LogP contribution is 2.59. The van der Waals surface area contributed by atoms with E-state index in [1.165, 1.54) is 16.0 Å². The number of aliphatic hydroxyl groups is 1. The quantitative estimate of drug-likeness (QED) is 0.820. The summed E-state index contributed by atoms with van der Waals surface area (Å²) in [6.45, 7) is 1.33. The lowest BCUT2D eigenvalue weighted by atomic mass is 9.53. The van der Waals surface area contributed by atoms with Crippen LogP contribution in [-0.4, -0.2) is 69.6 Å². The lowest BCUT2D eigenvalue weighted by Gasteiger charge is -2.58. The molecule has 5 rings (SSSR count). The number of carbonyl (C=O) groups is 2. The van der Waals surface area contributed by atoms with Crippen LogP contribution >= 0.6 is 0 Å². The standard InChI is InChI=1S/C24H30N4O3/c1-26(2)20(29)7-8-21(30)27-11-9-24(10-12-27)13-18(23(24)31)22-17-6-4-3-5-16(17)19-14-25-15-28(19)22/h3-6,14-15,18,22-23,31H,7-13H2,1-2H3/t18-,22?,23+/m0/s1. The van der Waals surface area contributed by atoms with Crippen LogP contribution in [0, 0.1) is 11.3 Å². The molecule has 3 heterocycles. The number of hydrogen-bond acceptors (Lipinski definition) is 4. The summed E-state index contributed by atoms with van der Waals surface area (Å²) in [5.41, 5.74) is 3.52. The van der Waals surface area contributed by atoms with Gasteiger partial charge in [0.1, 0.15) is 0 Å². The minimum absolute atomic E-state index is 0.0187. The number of imidazole rings is 1. The van der Waals surface area contributed by atoms with Gasteiger partial charge in [0.15, 0.2) is 0 Å². The van der Waals surface area contributed by atoms with Gasteiger partial charge in [-0.05, 0) is 24.8 Å². The van der Waals surface area contributed by atoms with Crippen LogP contribution in [0.4, 0.5) is 0 Å². The second-order valence-electron chi connectivity index (χ2n) is 9.56. The van der Waals surface area contributed by atoms with Gasteiger partial charge in [0.25, 0.3) is 0 Å². The van der Waals surface area contributed by atoms with Crippen molar-refractivity contribution in [3.63, 3.8) is 0 Å². The molecule has 0 bridgehead atoms. The molecule has 3 atom stereocenters. The van der Waals surface area contributed by atoms with E-state index in [2.05, 4.69) is 33.8 Å². The lowest BCUT2D eigenvalue weighted by molar-refractivity contribution is -0.164. The van der Waals surface area contributed by atoms with E-state index in [4.69, 9.17) is 0 Å². The Morgan fingerprint density at radius 2 is 1.94 bits per heavy atom. The first kappa shape index (κ1) is 20.2. The summed E-state index contributed by atoms with van der Waals surface area (Å²) in [7, 11) is 3.42. The van der Waals surface area contributed by atoms with Gasteiger partial charge >= 0.3 is 0 Å². The van der Waals surface area contributed by atoms with E-state index in [0.29, 0.717) is 13.1 Å². The van der Waals surface area contributed by atoms with Gasteiger partial charge in [-0.15, -0.1) is 0 Å². The van der Waals surface area contributed by atoms with E-state index in [1.807, 2.05) is 17.4 Å². The number of piperidine rings is 1. The van der Waals surface area contributed by atoms with E-state index < -0.39 is 0 Å². The van der Waals surface area contributed by atoms with Gasteiger partial charge in [-0.2, -0.15) is 0 Å². The average Bonchev–Trinajstić information content (AvgIpc) is 3.37. The van der Waals surface area contributed by atoms with E-state index in [9.17, 15) is 14.7 Å². The van der Waals surface area contributed by atoms with E-state index in [1.54, 1.807) is 14.1 Å². The summed E-state index contributed by atoms with van der Waals surface area (Å²) in [5.74, 6) is 0.189. The van der Waals surface area contributed by atoms with Crippen molar-refractivity contribution in [2.75, 3.05) is 27.2 Å². The number of likely N-dealkylation sites (tertiary alicyclic amines) is 1. The molecule has 2 aromatic rings. The number of hydrogen-bond donors (Lipinski definition) is 1. The highest BCUT2D eigenvalue weighted by molar-refractivity contribution is 5.83. The van der Waals surface area contributed by atoms with Crippen molar-refractivity contribution >= 4 is 11.8 Å². The van der Waals surface area contributed by atoms with Gasteiger partial charge in [0.2, 0.25) is 11.8 Å². The zero-order valence-electron chi connectivity index (χ0n) is 18.2. The Kier molecular flexibility index (Phi) is 4.88. The molecule has 164 valence electrons. The molecule has 2 fully saturated rings. The highest BCUT2D eigenvalue weighted by Gasteiger charge is 2.58. The average molecular weight is 423 g/mol. The van der Waals surface area contributed by atoms with Crippen LogP contribution in [0.3, 0.4) is 0 Å². The SMILES string of the molecule is CN(C)C(=O)CCC(=O)N1CCC2(CC1)C[C@@H](C1c3ccccc3-c3cncn31)[C@H]2O. The minimum atomic E-state index is -0.383. The van der Waals surface area contributed by atoms with E-state index in [-0.39, 0.29) is 48.1 Å². The number of benzene rings is 1. The van der Waals surface area contributed by atoms with Gasteiger partial charge in [-0.25, -0.2) is 4.98 Å². The van der Waals surface area contributed by atoms with Crippen LogP contribution in [0.25, 0.3) is 11.3 Å². The van der Waals surface area contributed by atoms with Crippen molar-refractivity contribution < 1.29 is 14.7 Å². The number of fused-ring (bicyclic) bond motifs is 3. The van der Waals surface area contributed by atoms with Crippen LogP contribution in [0.5, 0.6) is 0 Å². The molecule has 3 aliphatic rings. The molecule has 7 heteroatoms. The molecular formula is C24H30N4O3. The summed E-state index contributed by atoms with van der Waals surface area (Å²) in [5, 5.41) is 11.3. The van der Waals surface area contributed by atoms with Gasteiger partial charge in [-0.1, -0.05) is 24.3 Å². The number of aromatic nitrogens is 2. The third kappa shape index (κ3) is 3.17. The number of nitrogens with zero attached hydrogens (tertiary/aromatic N) is 4. The Balaban J connectivity index is 1.23. The molecule has 2 aliphatic heterocycles. The largest absolute Gasteiger partial charge is 0.392 e. The predicted molar refractivity (Wildman–Crippen MR) is 116 cm³/mol. The van der Waals surface area contributed by atoms with Crippen LogP contribution in [0.1, 0.15) is 43.7 Å². The number of carbonyl (C=O) groups excluding carboxylic acids is 2. The third-order valence-corrected chi connectivity index (χ3v) is 7.77. The van der Waals surface area contributed by atoms with Gasteiger partial charge in [0, 0.05) is 56.9 Å². The molecule has 31 heavy (non-hydrogen) atoms. The second-order valence-corrected chi connectivity index (χ2v) is 9.56. The van der Waals surface area contributed by atoms with Crippen molar-refractivity contribution in [2.24, 2.45) is 11.3 Å². The summed E-state index contributed by atoms with van der Waals surface area (Å²) in [4.78, 5) is 32.0. The Morgan fingerprint density at radius 1 is 1.19 bits per heavy atom. The maximum Gasteiger partial charge on any atom is 0.223 e. The molecule has 7 nitrogen and oxygen atoms in total. The Bertz CT molecular complexity index is 1010. The Labute approximate surface area is 182 Å². The first-order valence-electron chi connectivity index (χ1n) is 11.2. The molecular weight excluding hydrogens is 392 g/mol. The van der Waals surface area contributed by atoms with Crippen molar-refractivity contribution in [2.45, 2.75) is 44.2 Å². The molecule has 1 aromatic carbocycles. The smallest absolute Gasteiger partial charge is 0.223 e. The number of rotatable bonds is 4. The monoisotopic (exact) mass is 422 g/mol. The fourth-order valence-corrected chi connectivity index (χ4v) is 5.89. The minimum Gasteiger partial charge on any atom is -0.392 e. The number of amides is 2. The molecule has 1 saturated heterocycles. The summed E-state index contributed by atoms with van der Waals surface area (Å²) in [6, 6.07) is 8.55. The van der Waals surface area contributed by atoms with Gasteiger partial charge in [-0.3, -0.25) is 9.59 Å². The van der Waals surface area contributed by atoms with E-state index >= 15 is 0 Å². The third-order valence-electron chi connectivity index (χ3n) is 7.77. The van der Waals surface area contributed by atoms with Crippen molar-refractivity contribution in [1.29, 1.82) is 0 Å². The molecule has 0 radical (unpaired) electrons. The van der Waals surface area contributed by atoms with Crippen LogP contribution in [0.15, 0.2) is 36.8 Å². The molecule has 1 unspecified atom stereocenters. The molecule has 1 spiro atoms. The summed E-state index contributed by atoms with van der Waals surface area (Å²) < 4.78 is 2.21. The zero-order chi connectivity index (χ0) is 21.8. The van der Waals surface area contributed by atoms with E-state index in [0.717, 1.165) is 25.0 Å². The number of aliphatic hydroxyl groups excluding tert-OH is 1. The Morgan fingerprint density at radius 3 is 2.65 bits per heavy atom. The Hall–Kier alpha value is -2.67. The first-order chi connectivity index (χ1) is 14.9. The van der Waals surface area contributed by atoms with Gasteiger partial charge < -0.3 is 19.5 Å². The fourth-order valence-electron chi connectivity index (χ4n) is 5.89. The van der Waals surface area contributed by atoms with Crippen LogP contribution in [-0.2, 0) is 9.59 Å². The second kappa shape index (κ2) is 7.48. The predicted octanol–water partition coefficient (Wildman–Crippen LogP) is 2.31. The lowest BCUT2D eigenvalue weighted by Crippen LogP contribution is -2.59. The highest BCUT2D eigenvalue weighted by atomic mass is 16.3. The maximum absolute atomic E-state index is 12.5. The molecule has 1 aliphatic carbocycles. The van der Waals surface area contributed by atoms with Crippen LogP contribution < -0.4 is 0 Å². The topological polar surface area (TPSA) is 78.7 Å². The molecule has 1 N–H and O–H groups in total.